The van der Waals surface area contributed by atoms with E-state index in [1.807, 2.05) is 26.1 Å². The van der Waals surface area contributed by atoms with Crippen molar-refractivity contribution < 1.29 is 13.2 Å². The standard InChI is InChI=1S/C17H24F3NS/c1-13-7-8-15(9-10-17(18,19)20)12-16(13)22-14(2)6-4-5-11-21-3/h7-8,12,21H,2,4-6,9-11H2,1,3H3. The Morgan fingerprint density at radius 2 is 2.00 bits per heavy atom. The molecule has 0 unspecified atom stereocenters. The molecule has 0 fully saturated rings. The molecule has 124 valence electrons. The third kappa shape index (κ3) is 7.90. The first kappa shape index (κ1) is 19.1. The number of thioether (sulfide) groups is 1. The van der Waals surface area contributed by atoms with Gasteiger partial charge in [0.1, 0.15) is 0 Å². The van der Waals surface area contributed by atoms with Gasteiger partial charge in [-0.25, -0.2) is 0 Å². The van der Waals surface area contributed by atoms with Crippen LogP contribution < -0.4 is 5.32 Å². The van der Waals surface area contributed by atoms with Crippen molar-refractivity contribution in [1.29, 1.82) is 0 Å². The Morgan fingerprint density at radius 3 is 2.64 bits per heavy atom. The van der Waals surface area contributed by atoms with Crippen LogP contribution in [0.4, 0.5) is 13.2 Å². The number of nitrogens with one attached hydrogen (secondary N) is 1. The van der Waals surface area contributed by atoms with Crippen molar-refractivity contribution in [3.8, 4) is 0 Å². The fourth-order valence-corrected chi connectivity index (χ4v) is 3.02. The van der Waals surface area contributed by atoms with Gasteiger partial charge < -0.3 is 5.32 Å². The second kappa shape index (κ2) is 9.26. The minimum Gasteiger partial charge on any atom is -0.320 e. The van der Waals surface area contributed by atoms with E-state index in [1.54, 1.807) is 17.8 Å². The van der Waals surface area contributed by atoms with Gasteiger partial charge in [0.15, 0.2) is 0 Å². The van der Waals surface area contributed by atoms with E-state index in [-0.39, 0.29) is 6.42 Å². The molecular weight excluding hydrogens is 307 g/mol. The van der Waals surface area contributed by atoms with Crippen molar-refractivity contribution in [3.63, 3.8) is 0 Å². The lowest BCUT2D eigenvalue weighted by molar-refractivity contribution is -0.134. The van der Waals surface area contributed by atoms with Crippen LogP contribution >= 0.6 is 11.8 Å². The highest BCUT2D eigenvalue weighted by Crippen LogP contribution is 2.32. The van der Waals surface area contributed by atoms with E-state index in [0.717, 1.165) is 46.7 Å². The fourth-order valence-electron chi connectivity index (χ4n) is 2.03. The number of unbranched alkanes of at least 4 members (excludes halogenated alkanes) is 1. The highest BCUT2D eigenvalue weighted by molar-refractivity contribution is 8.03. The normalized spacial score (nSPS) is 11.7. The SMILES string of the molecule is C=C(CCCCNC)Sc1cc(CCC(F)(F)F)ccc1C. The Morgan fingerprint density at radius 1 is 1.27 bits per heavy atom. The van der Waals surface area contributed by atoms with Gasteiger partial charge in [0.2, 0.25) is 0 Å². The van der Waals surface area contributed by atoms with Crippen molar-refractivity contribution in [3.05, 3.63) is 40.8 Å². The van der Waals surface area contributed by atoms with Crippen LogP contribution in [0.5, 0.6) is 0 Å². The van der Waals surface area contributed by atoms with E-state index in [0.29, 0.717) is 0 Å². The number of hydrogen-bond donors (Lipinski definition) is 1. The lowest BCUT2D eigenvalue weighted by Gasteiger charge is -2.11. The Balaban J connectivity index is 2.56. The molecule has 0 atom stereocenters. The number of benzene rings is 1. The quantitative estimate of drug-likeness (QED) is 0.474. The van der Waals surface area contributed by atoms with Crippen molar-refractivity contribution in [2.75, 3.05) is 13.6 Å². The van der Waals surface area contributed by atoms with Crippen LogP contribution in [0.3, 0.4) is 0 Å². The Labute approximate surface area is 135 Å². The summed E-state index contributed by atoms with van der Waals surface area (Å²) < 4.78 is 36.9. The smallest absolute Gasteiger partial charge is 0.320 e. The molecule has 1 N–H and O–H groups in total. The van der Waals surface area contributed by atoms with Gasteiger partial charge in [-0.2, -0.15) is 13.2 Å². The molecule has 0 spiro atoms. The summed E-state index contributed by atoms with van der Waals surface area (Å²) in [6, 6.07) is 5.54. The summed E-state index contributed by atoms with van der Waals surface area (Å²) in [6.45, 7) is 7.03. The summed E-state index contributed by atoms with van der Waals surface area (Å²) in [7, 11) is 1.93. The molecule has 0 saturated carbocycles. The van der Waals surface area contributed by atoms with Gasteiger partial charge in [-0.15, -0.1) is 0 Å². The first-order chi connectivity index (χ1) is 10.3. The van der Waals surface area contributed by atoms with E-state index in [9.17, 15) is 13.2 Å². The topological polar surface area (TPSA) is 12.0 Å². The van der Waals surface area contributed by atoms with Crippen LogP contribution in [0.2, 0.25) is 0 Å². The second-order valence-corrected chi connectivity index (χ2v) is 6.64. The molecule has 1 aromatic rings. The molecule has 5 heteroatoms. The number of rotatable bonds is 9. The molecule has 1 nitrogen and oxygen atoms in total. The summed E-state index contributed by atoms with van der Waals surface area (Å²) in [5, 5.41) is 3.11. The van der Waals surface area contributed by atoms with E-state index < -0.39 is 12.6 Å². The maximum Gasteiger partial charge on any atom is 0.389 e. The van der Waals surface area contributed by atoms with Crippen LogP contribution in [0.1, 0.15) is 36.8 Å². The maximum absolute atomic E-state index is 12.3. The lowest BCUT2D eigenvalue weighted by Crippen LogP contribution is -2.08. The van der Waals surface area contributed by atoms with Crippen molar-refractivity contribution in [2.45, 2.75) is 50.1 Å². The van der Waals surface area contributed by atoms with Crippen LogP contribution in [0, 0.1) is 6.92 Å². The molecule has 0 heterocycles. The molecule has 0 saturated heterocycles. The number of alkyl halides is 3. The molecule has 0 radical (unpaired) electrons. The van der Waals surface area contributed by atoms with Crippen LogP contribution in [-0.4, -0.2) is 19.8 Å². The van der Waals surface area contributed by atoms with E-state index in [2.05, 4.69) is 11.9 Å². The number of allylic oxidation sites excluding steroid dienone is 1. The van der Waals surface area contributed by atoms with Crippen LogP contribution in [0.15, 0.2) is 34.6 Å². The van der Waals surface area contributed by atoms with Gasteiger partial charge >= 0.3 is 6.18 Å². The minimum atomic E-state index is -4.10. The Hall–Kier alpha value is -0.940. The van der Waals surface area contributed by atoms with Crippen LogP contribution in [-0.2, 0) is 6.42 Å². The average molecular weight is 331 g/mol. The van der Waals surface area contributed by atoms with Crippen molar-refractivity contribution in [2.24, 2.45) is 0 Å². The molecule has 0 aromatic heterocycles. The summed E-state index contributed by atoms with van der Waals surface area (Å²) in [5.74, 6) is 0. The molecule has 0 aliphatic carbocycles. The summed E-state index contributed by atoms with van der Waals surface area (Å²) >= 11 is 1.58. The zero-order valence-electron chi connectivity index (χ0n) is 13.2. The van der Waals surface area contributed by atoms with Gasteiger partial charge in [-0.05, 0) is 68.3 Å². The van der Waals surface area contributed by atoms with E-state index >= 15 is 0 Å². The molecular formula is C17H24F3NS. The van der Waals surface area contributed by atoms with Gasteiger partial charge in [0, 0.05) is 11.3 Å². The van der Waals surface area contributed by atoms with Gasteiger partial charge in [0.25, 0.3) is 0 Å². The number of halogens is 3. The summed E-state index contributed by atoms with van der Waals surface area (Å²) in [5.41, 5.74) is 1.81. The third-order valence-corrected chi connectivity index (χ3v) is 4.49. The van der Waals surface area contributed by atoms with Gasteiger partial charge in [-0.1, -0.05) is 30.5 Å². The monoisotopic (exact) mass is 331 g/mol. The highest BCUT2D eigenvalue weighted by atomic mass is 32.2. The molecule has 22 heavy (non-hydrogen) atoms. The predicted octanol–water partition coefficient (Wildman–Crippen LogP) is 5.49. The lowest BCUT2D eigenvalue weighted by atomic mass is 10.1. The zero-order chi connectivity index (χ0) is 16.6. The van der Waals surface area contributed by atoms with Crippen molar-refractivity contribution in [1.82, 2.24) is 5.32 Å². The van der Waals surface area contributed by atoms with Crippen molar-refractivity contribution >= 4 is 11.8 Å². The molecule has 1 rings (SSSR count). The number of hydrogen-bond acceptors (Lipinski definition) is 2. The molecule has 0 aliphatic rings. The van der Waals surface area contributed by atoms with E-state index in [1.165, 1.54) is 0 Å². The fraction of sp³-hybridized carbons (Fsp3) is 0.529. The third-order valence-electron chi connectivity index (χ3n) is 3.34. The van der Waals surface area contributed by atoms with E-state index in [4.69, 9.17) is 0 Å². The van der Waals surface area contributed by atoms with Crippen LogP contribution in [0.25, 0.3) is 0 Å². The molecule has 0 bridgehead atoms. The average Bonchev–Trinajstić information content (AvgIpc) is 2.43. The summed E-state index contributed by atoms with van der Waals surface area (Å²) in [4.78, 5) is 2.07. The largest absolute Gasteiger partial charge is 0.389 e. The Kier molecular flexibility index (Phi) is 8.04. The molecule has 1 aromatic carbocycles. The highest BCUT2D eigenvalue weighted by Gasteiger charge is 2.26. The van der Waals surface area contributed by atoms with Gasteiger partial charge in [0.05, 0.1) is 0 Å². The second-order valence-electron chi connectivity index (χ2n) is 5.42. The zero-order valence-corrected chi connectivity index (χ0v) is 14.0. The van der Waals surface area contributed by atoms with Gasteiger partial charge in [-0.3, -0.25) is 0 Å². The molecule has 0 aliphatic heterocycles. The minimum absolute atomic E-state index is 0.0337. The summed E-state index contributed by atoms with van der Waals surface area (Å²) in [6.07, 6.45) is -1.75. The maximum atomic E-state index is 12.3. The first-order valence-corrected chi connectivity index (χ1v) is 8.30. The number of aryl methyl sites for hydroxylation is 2. The molecule has 0 amide bonds. The first-order valence-electron chi connectivity index (χ1n) is 7.48. The predicted molar refractivity (Wildman–Crippen MR) is 88.3 cm³/mol. The Bertz CT molecular complexity index is 483.